The molecule has 0 aliphatic carbocycles. The van der Waals surface area contributed by atoms with E-state index in [9.17, 15) is 4.79 Å². The number of halogens is 1. The van der Waals surface area contributed by atoms with E-state index in [2.05, 4.69) is 49.6 Å². The van der Waals surface area contributed by atoms with Gasteiger partial charge in [-0.05, 0) is 54.7 Å². The molecule has 10 heteroatoms. The Balaban J connectivity index is 1.51. The van der Waals surface area contributed by atoms with E-state index in [1.165, 1.54) is 12.4 Å². The molecule has 9 nitrogen and oxygen atoms in total. The summed E-state index contributed by atoms with van der Waals surface area (Å²) < 4.78 is 20.4. The molecule has 0 aliphatic heterocycles. The summed E-state index contributed by atoms with van der Waals surface area (Å²) in [6, 6.07) is 8.17. The molecule has 4 aromatic rings. The second-order valence-corrected chi connectivity index (χ2v) is 10.6. The lowest BCUT2D eigenvalue weighted by Crippen LogP contribution is -2.27. The van der Waals surface area contributed by atoms with Crippen molar-refractivity contribution in [3.8, 4) is 11.3 Å². The lowest BCUT2D eigenvalue weighted by molar-refractivity contribution is 0.0895. The fourth-order valence-electron chi connectivity index (χ4n) is 3.84. The van der Waals surface area contributed by atoms with Crippen LogP contribution in [0, 0.1) is 12.7 Å². The minimum atomic E-state index is -0.522. The van der Waals surface area contributed by atoms with E-state index in [0.29, 0.717) is 40.2 Å². The Morgan fingerprint density at radius 3 is 2.42 bits per heavy atom. The smallest absolute Gasteiger partial charge is 0.315 e. The van der Waals surface area contributed by atoms with E-state index in [1.54, 1.807) is 19.1 Å². The zero-order valence-corrected chi connectivity index (χ0v) is 22.6. The highest BCUT2D eigenvalue weighted by molar-refractivity contribution is 5.89. The van der Waals surface area contributed by atoms with Gasteiger partial charge in [-0.25, -0.2) is 19.3 Å². The van der Waals surface area contributed by atoms with Crippen molar-refractivity contribution in [1.82, 2.24) is 30.4 Å². The second kappa shape index (κ2) is 10.6. The molecular weight excluding hydrogens is 485 g/mol. The van der Waals surface area contributed by atoms with Gasteiger partial charge in [-0.3, -0.25) is 4.79 Å². The highest BCUT2D eigenvalue weighted by Gasteiger charge is 2.25. The second-order valence-electron chi connectivity index (χ2n) is 10.6. The van der Waals surface area contributed by atoms with Crippen molar-refractivity contribution in [1.29, 1.82) is 0 Å². The van der Waals surface area contributed by atoms with Crippen molar-refractivity contribution in [3.05, 3.63) is 77.1 Å². The van der Waals surface area contributed by atoms with Crippen molar-refractivity contribution in [2.75, 3.05) is 5.32 Å². The summed E-state index contributed by atoms with van der Waals surface area (Å²) in [6.45, 7) is 13.6. The zero-order chi connectivity index (χ0) is 27.6. The molecule has 0 radical (unpaired) electrons. The molecule has 0 saturated carbocycles. The minimum Gasteiger partial charge on any atom is -0.341 e. The Bertz CT molecular complexity index is 1440. The Kier molecular flexibility index (Phi) is 7.52. The summed E-state index contributed by atoms with van der Waals surface area (Å²) in [5.41, 5.74) is 2.93. The molecule has 0 bridgehead atoms. The van der Waals surface area contributed by atoms with E-state index in [1.807, 2.05) is 46.0 Å². The number of aromatic nitrogens is 5. The number of nitrogens with zero attached hydrogens (tertiary/aromatic N) is 5. The Labute approximate surface area is 221 Å². The molecular formula is C28H32FN7O2. The fraction of sp³-hybridized carbons (Fsp3) is 0.357. The lowest BCUT2D eigenvalue weighted by Gasteiger charge is -2.17. The van der Waals surface area contributed by atoms with Crippen LogP contribution in [0.5, 0.6) is 0 Å². The molecule has 1 amide bonds. The number of carbonyl (C=O) groups is 1. The molecule has 0 saturated heterocycles. The van der Waals surface area contributed by atoms with Crippen LogP contribution in [-0.2, 0) is 5.41 Å². The largest absolute Gasteiger partial charge is 0.341 e. The van der Waals surface area contributed by atoms with Gasteiger partial charge in [0.25, 0.3) is 0 Å². The zero-order valence-electron chi connectivity index (χ0n) is 22.6. The van der Waals surface area contributed by atoms with Crippen LogP contribution in [0.15, 0.2) is 47.4 Å². The lowest BCUT2D eigenvalue weighted by atomic mass is 9.96. The molecule has 4 rings (SSSR count). The number of amides is 1. The van der Waals surface area contributed by atoms with Gasteiger partial charge in [-0.1, -0.05) is 45.8 Å². The first kappa shape index (κ1) is 26.8. The molecule has 1 atom stereocenters. The van der Waals surface area contributed by atoms with Crippen LogP contribution in [0.2, 0.25) is 0 Å². The van der Waals surface area contributed by atoms with Crippen LogP contribution in [0.1, 0.15) is 86.7 Å². The normalized spacial score (nSPS) is 12.4. The van der Waals surface area contributed by atoms with Gasteiger partial charge in [-0.2, -0.15) is 4.98 Å². The molecule has 0 unspecified atom stereocenters. The summed E-state index contributed by atoms with van der Waals surface area (Å²) in [5, 5.41) is 9.83. The van der Waals surface area contributed by atoms with Crippen LogP contribution in [0.25, 0.3) is 11.3 Å². The first-order valence-corrected chi connectivity index (χ1v) is 12.4. The third kappa shape index (κ3) is 6.01. The Morgan fingerprint density at radius 2 is 1.79 bits per heavy atom. The van der Waals surface area contributed by atoms with Gasteiger partial charge in [-0.15, -0.1) is 0 Å². The number of carbonyl (C=O) groups excluding carboxylic acids is 1. The Hall–Kier alpha value is -4.21. The maximum absolute atomic E-state index is 15.3. The van der Waals surface area contributed by atoms with Gasteiger partial charge in [0.2, 0.25) is 0 Å². The summed E-state index contributed by atoms with van der Waals surface area (Å²) in [6.07, 6.45) is 3.20. The average Bonchev–Trinajstić information content (AvgIpc) is 3.37. The molecule has 38 heavy (non-hydrogen) atoms. The van der Waals surface area contributed by atoms with Gasteiger partial charge in [0, 0.05) is 23.2 Å². The van der Waals surface area contributed by atoms with E-state index in [-0.39, 0.29) is 11.3 Å². The van der Waals surface area contributed by atoms with E-state index < -0.39 is 17.8 Å². The van der Waals surface area contributed by atoms with Crippen molar-refractivity contribution in [3.63, 3.8) is 0 Å². The topological polar surface area (TPSA) is 119 Å². The van der Waals surface area contributed by atoms with Gasteiger partial charge in [0.05, 0.1) is 11.7 Å². The quantitative estimate of drug-likeness (QED) is 0.305. The van der Waals surface area contributed by atoms with Crippen LogP contribution in [0.3, 0.4) is 0 Å². The van der Waals surface area contributed by atoms with Crippen LogP contribution >= 0.6 is 0 Å². The SMILES string of the molecule is Cc1cc(-c2cc(Nc3ccc(C(C)C)cn3)ncn2)c(F)cc1[C@@H](C)NC(=O)c1nc(C(C)(C)C)no1. The number of pyridine rings is 1. The third-order valence-electron chi connectivity index (χ3n) is 6.11. The molecule has 3 aromatic heterocycles. The molecule has 3 heterocycles. The fourth-order valence-corrected chi connectivity index (χ4v) is 3.84. The van der Waals surface area contributed by atoms with Crippen molar-refractivity contribution in [2.45, 2.75) is 65.8 Å². The average molecular weight is 518 g/mol. The summed E-state index contributed by atoms with van der Waals surface area (Å²) >= 11 is 0. The van der Waals surface area contributed by atoms with Crippen LogP contribution < -0.4 is 10.6 Å². The summed E-state index contributed by atoms with van der Waals surface area (Å²) in [4.78, 5) is 29.8. The molecule has 0 fully saturated rings. The number of benzene rings is 1. The first-order chi connectivity index (χ1) is 17.9. The maximum atomic E-state index is 15.3. The van der Waals surface area contributed by atoms with E-state index in [0.717, 1.165) is 11.1 Å². The van der Waals surface area contributed by atoms with E-state index >= 15 is 4.39 Å². The van der Waals surface area contributed by atoms with Crippen LogP contribution in [0.4, 0.5) is 16.0 Å². The monoisotopic (exact) mass is 517 g/mol. The number of rotatable bonds is 7. The van der Waals surface area contributed by atoms with Crippen molar-refractivity contribution < 1.29 is 13.7 Å². The molecule has 1 aromatic carbocycles. The minimum absolute atomic E-state index is 0.133. The van der Waals surface area contributed by atoms with E-state index in [4.69, 9.17) is 4.52 Å². The molecule has 2 N–H and O–H groups in total. The third-order valence-corrected chi connectivity index (χ3v) is 6.11. The number of nitrogens with one attached hydrogen (secondary N) is 2. The number of hydrogen-bond acceptors (Lipinski definition) is 8. The van der Waals surface area contributed by atoms with Gasteiger partial charge in [0.15, 0.2) is 5.82 Å². The number of aryl methyl sites for hydroxylation is 1. The molecule has 0 aliphatic rings. The highest BCUT2D eigenvalue weighted by atomic mass is 19.1. The Morgan fingerprint density at radius 1 is 1.03 bits per heavy atom. The standard InChI is InChI=1S/C28H32FN7O2/c1-15(2)18-8-9-23(30-13-18)34-24-12-22(31-14-32-24)20-10-16(3)19(11-21(20)29)17(4)33-25(37)26-35-27(36-38-26)28(5,6)7/h8-15,17H,1-7H3,(H,33,37)(H,30,31,32,34)/t17-/m1/s1. The summed E-state index contributed by atoms with van der Waals surface area (Å²) in [5.74, 6) is 0.819. The number of anilines is 2. The van der Waals surface area contributed by atoms with Crippen molar-refractivity contribution >= 4 is 17.5 Å². The predicted octanol–water partition coefficient (Wildman–Crippen LogP) is 6.02. The molecule has 198 valence electrons. The first-order valence-electron chi connectivity index (χ1n) is 12.4. The maximum Gasteiger partial charge on any atom is 0.315 e. The van der Waals surface area contributed by atoms with Gasteiger partial charge < -0.3 is 15.2 Å². The van der Waals surface area contributed by atoms with Gasteiger partial charge >= 0.3 is 11.8 Å². The van der Waals surface area contributed by atoms with Gasteiger partial charge in [0.1, 0.15) is 23.8 Å². The highest BCUT2D eigenvalue weighted by Crippen LogP contribution is 2.29. The number of hydrogen-bond donors (Lipinski definition) is 2. The summed E-state index contributed by atoms with van der Waals surface area (Å²) in [7, 11) is 0. The van der Waals surface area contributed by atoms with Crippen molar-refractivity contribution in [2.24, 2.45) is 0 Å². The van der Waals surface area contributed by atoms with Crippen LogP contribution in [-0.4, -0.2) is 31.0 Å². The molecule has 0 spiro atoms. The predicted molar refractivity (Wildman–Crippen MR) is 143 cm³/mol.